The number of likely N-dealkylation sites (N-methyl/N-ethyl adjacent to an activating group) is 2. The minimum absolute atomic E-state index is 0.437. The van der Waals surface area contributed by atoms with Crippen LogP contribution in [0.1, 0.15) is 45.4 Å². The van der Waals surface area contributed by atoms with Gasteiger partial charge in [0.2, 0.25) is 0 Å². The van der Waals surface area contributed by atoms with E-state index in [1.807, 2.05) is 0 Å². The van der Waals surface area contributed by atoms with Crippen molar-refractivity contribution in [2.75, 3.05) is 53.9 Å². The molecule has 4 heteroatoms. The van der Waals surface area contributed by atoms with Gasteiger partial charge in [-0.3, -0.25) is 0 Å². The monoisotopic (exact) mass is 311 g/mol. The van der Waals surface area contributed by atoms with Gasteiger partial charge in [-0.25, -0.2) is 0 Å². The predicted molar refractivity (Wildman–Crippen MR) is 93.2 cm³/mol. The molecule has 0 aromatic heterocycles. The molecule has 0 amide bonds. The molecule has 4 nitrogen and oxygen atoms in total. The number of hydrogen-bond donors (Lipinski definition) is 1. The number of nitrogens with zero attached hydrogens (tertiary/aromatic N) is 3. The second kappa shape index (κ2) is 8.09. The molecule has 1 saturated carbocycles. The molecule has 0 unspecified atom stereocenters. The molecule has 1 saturated heterocycles. The quantitative estimate of drug-likeness (QED) is 0.811. The Kier molecular flexibility index (Phi) is 6.69. The Hall–Kier alpha value is -0.160. The van der Waals surface area contributed by atoms with Crippen LogP contribution >= 0.6 is 0 Å². The first-order valence-corrected chi connectivity index (χ1v) is 9.18. The molecule has 2 aliphatic rings. The van der Waals surface area contributed by atoms with E-state index >= 15 is 0 Å². The van der Waals surface area contributed by atoms with E-state index in [4.69, 9.17) is 0 Å². The number of aliphatic hydroxyl groups is 1. The fourth-order valence-electron chi connectivity index (χ4n) is 3.99. The maximum absolute atomic E-state index is 10.7. The summed E-state index contributed by atoms with van der Waals surface area (Å²) in [5.41, 5.74) is -0.437. The van der Waals surface area contributed by atoms with Crippen LogP contribution in [-0.2, 0) is 0 Å². The van der Waals surface area contributed by atoms with Crippen molar-refractivity contribution in [2.24, 2.45) is 5.92 Å². The molecular formula is C18H37N3O. The highest BCUT2D eigenvalue weighted by Gasteiger charge is 2.32. The van der Waals surface area contributed by atoms with E-state index in [9.17, 15) is 5.11 Å². The van der Waals surface area contributed by atoms with Gasteiger partial charge in [0, 0.05) is 25.7 Å². The zero-order valence-corrected chi connectivity index (χ0v) is 15.2. The SMILES string of the molecule is CC1CCC(O)(CN(C)CCN(C)C2CCN(C)CC2)CC1. The average Bonchev–Trinajstić information content (AvgIpc) is 2.49. The van der Waals surface area contributed by atoms with Crippen LogP contribution in [0, 0.1) is 5.92 Å². The Bertz CT molecular complexity index is 320. The number of likely N-dealkylation sites (tertiary alicyclic amines) is 1. The predicted octanol–water partition coefficient (Wildman–Crippen LogP) is 1.89. The van der Waals surface area contributed by atoms with Gasteiger partial charge in [0.15, 0.2) is 0 Å². The second-order valence-corrected chi connectivity index (χ2v) is 8.16. The molecule has 1 heterocycles. The lowest BCUT2D eigenvalue weighted by Crippen LogP contribution is -2.47. The second-order valence-electron chi connectivity index (χ2n) is 8.16. The molecule has 0 aromatic carbocycles. The molecule has 1 aliphatic carbocycles. The first kappa shape index (κ1) is 18.2. The molecule has 2 fully saturated rings. The molecule has 0 aromatic rings. The Morgan fingerprint density at radius 2 is 1.64 bits per heavy atom. The maximum atomic E-state index is 10.7. The number of piperidine rings is 1. The largest absolute Gasteiger partial charge is 0.389 e. The Balaban J connectivity index is 1.67. The van der Waals surface area contributed by atoms with E-state index in [-0.39, 0.29) is 0 Å². The van der Waals surface area contributed by atoms with Crippen molar-refractivity contribution >= 4 is 0 Å². The van der Waals surface area contributed by atoms with Crippen LogP contribution in [0.4, 0.5) is 0 Å². The molecule has 1 aliphatic heterocycles. The van der Waals surface area contributed by atoms with Gasteiger partial charge in [-0.05, 0) is 78.7 Å². The van der Waals surface area contributed by atoms with Crippen LogP contribution in [0.5, 0.6) is 0 Å². The smallest absolute Gasteiger partial charge is 0.0774 e. The van der Waals surface area contributed by atoms with Crippen molar-refractivity contribution in [3.63, 3.8) is 0 Å². The summed E-state index contributed by atoms with van der Waals surface area (Å²) in [6, 6.07) is 0.739. The summed E-state index contributed by atoms with van der Waals surface area (Å²) in [5.74, 6) is 0.793. The molecule has 0 spiro atoms. The Morgan fingerprint density at radius 1 is 1.05 bits per heavy atom. The summed E-state index contributed by atoms with van der Waals surface area (Å²) < 4.78 is 0. The number of rotatable bonds is 6. The van der Waals surface area contributed by atoms with Crippen molar-refractivity contribution < 1.29 is 5.11 Å². The van der Waals surface area contributed by atoms with Gasteiger partial charge in [-0.1, -0.05) is 6.92 Å². The first-order valence-electron chi connectivity index (χ1n) is 9.18. The lowest BCUT2D eigenvalue weighted by Gasteiger charge is -2.39. The lowest BCUT2D eigenvalue weighted by molar-refractivity contribution is -0.0315. The molecule has 0 radical (unpaired) electrons. The van der Waals surface area contributed by atoms with Gasteiger partial charge in [-0.2, -0.15) is 0 Å². The van der Waals surface area contributed by atoms with E-state index in [1.165, 1.54) is 38.8 Å². The normalized spacial score (nSPS) is 32.0. The molecule has 130 valence electrons. The van der Waals surface area contributed by atoms with E-state index in [0.717, 1.165) is 44.4 Å². The Morgan fingerprint density at radius 3 is 2.23 bits per heavy atom. The highest BCUT2D eigenvalue weighted by Crippen LogP contribution is 2.32. The fourth-order valence-corrected chi connectivity index (χ4v) is 3.99. The molecule has 0 atom stereocenters. The van der Waals surface area contributed by atoms with Crippen LogP contribution in [-0.4, -0.2) is 85.3 Å². The zero-order chi connectivity index (χ0) is 16.2. The van der Waals surface area contributed by atoms with Crippen LogP contribution in [0.25, 0.3) is 0 Å². The van der Waals surface area contributed by atoms with Crippen molar-refractivity contribution in [1.82, 2.24) is 14.7 Å². The minimum atomic E-state index is -0.437. The number of hydrogen-bond acceptors (Lipinski definition) is 4. The van der Waals surface area contributed by atoms with Crippen LogP contribution in [0.15, 0.2) is 0 Å². The average molecular weight is 312 g/mol. The highest BCUT2D eigenvalue weighted by molar-refractivity contribution is 4.87. The van der Waals surface area contributed by atoms with Gasteiger partial charge in [0.25, 0.3) is 0 Å². The minimum Gasteiger partial charge on any atom is -0.389 e. The van der Waals surface area contributed by atoms with Crippen molar-refractivity contribution in [3.8, 4) is 0 Å². The molecular weight excluding hydrogens is 274 g/mol. The van der Waals surface area contributed by atoms with E-state index in [1.54, 1.807) is 0 Å². The Labute approximate surface area is 137 Å². The van der Waals surface area contributed by atoms with E-state index in [2.05, 4.69) is 42.8 Å². The molecule has 1 N–H and O–H groups in total. The van der Waals surface area contributed by atoms with Gasteiger partial charge in [0.1, 0.15) is 0 Å². The third-order valence-electron chi connectivity index (χ3n) is 5.92. The fraction of sp³-hybridized carbons (Fsp3) is 1.00. The van der Waals surface area contributed by atoms with E-state index in [0.29, 0.717) is 0 Å². The maximum Gasteiger partial charge on any atom is 0.0774 e. The van der Waals surface area contributed by atoms with Gasteiger partial charge >= 0.3 is 0 Å². The third-order valence-corrected chi connectivity index (χ3v) is 5.92. The summed E-state index contributed by atoms with van der Waals surface area (Å²) in [6.07, 6.45) is 6.89. The summed E-state index contributed by atoms with van der Waals surface area (Å²) in [7, 11) is 6.65. The molecule has 0 bridgehead atoms. The zero-order valence-electron chi connectivity index (χ0n) is 15.2. The summed E-state index contributed by atoms with van der Waals surface area (Å²) in [6.45, 7) is 7.75. The van der Waals surface area contributed by atoms with Crippen molar-refractivity contribution in [1.29, 1.82) is 0 Å². The summed E-state index contributed by atoms with van der Waals surface area (Å²) in [4.78, 5) is 7.29. The summed E-state index contributed by atoms with van der Waals surface area (Å²) in [5, 5.41) is 10.7. The molecule has 2 rings (SSSR count). The topological polar surface area (TPSA) is 30.0 Å². The van der Waals surface area contributed by atoms with Gasteiger partial charge < -0.3 is 19.8 Å². The van der Waals surface area contributed by atoms with Crippen LogP contribution in [0.2, 0.25) is 0 Å². The van der Waals surface area contributed by atoms with Crippen molar-refractivity contribution in [2.45, 2.75) is 57.1 Å². The van der Waals surface area contributed by atoms with Gasteiger partial charge in [-0.15, -0.1) is 0 Å². The highest BCUT2D eigenvalue weighted by atomic mass is 16.3. The van der Waals surface area contributed by atoms with Crippen LogP contribution < -0.4 is 0 Å². The third kappa shape index (κ3) is 5.48. The van der Waals surface area contributed by atoms with Crippen molar-refractivity contribution in [3.05, 3.63) is 0 Å². The van der Waals surface area contributed by atoms with E-state index < -0.39 is 5.60 Å². The standard InChI is InChI=1S/C18H37N3O/c1-16-5-9-18(22,10-6-16)15-20(3)13-14-21(4)17-7-11-19(2)12-8-17/h16-17,22H,5-15H2,1-4H3. The van der Waals surface area contributed by atoms with Gasteiger partial charge in [0.05, 0.1) is 5.60 Å². The van der Waals surface area contributed by atoms with Crippen LogP contribution in [0.3, 0.4) is 0 Å². The summed E-state index contributed by atoms with van der Waals surface area (Å²) >= 11 is 0. The lowest BCUT2D eigenvalue weighted by atomic mass is 9.79. The first-order chi connectivity index (χ1) is 10.4. The molecule has 22 heavy (non-hydrogen) atoms.